The first-order valence-corrected chi connectivity index (χ1v) is 10.8. The number of rotatable bonds is 5. The van der Waals surface area contributed by atoms with Crippen LogP contribution in [0.25, 0.3) is 0 Å². The van der Waals surface area contributed by atoms with Crippen LogP contribution < -0.4 is 4.31 Å². The second-order valence-electron chi connectivity index (χ2n) is 5.79. The number of sulfonamides is 1. The Morgan fingerprint density at radius 1 is 1.15 bits per heavy atom. The average Bonchev–Trinajstić information content (AvgIpc) is 2.59. The van der Waals surface area contributed by atoms with Crippen LogP contribution in [-0.4, -0.2) is 75.8 Å². The fraction of sp³-hybridized carbons (Fsp3) is 0.500. The normalized spacial score (nSPS) is 14.9. The molecular formula is C16H22BrN3O5S. The van der Waals surface area contributed by atoms with Gasteiger partial charge < -0.3 is 14.5 Å². The van der Waals surface area contributed by atoms with Crippen molar-refractivity contribution in [2.75, 3.05) is 49.9 Å². The van der Waals surface area contributed by atoms with Crippen molar-refractivity contribution in [3.05, 3.63) is 28.7 Å². The van der Waals surface area contributed by atoms with Gasteiger partial charge in [-0.2, -0.15) is 0 Å². The van der Waals surface area contributed by atoms with Gasteiger partial charge in [-0.1, -0.05) is 12.1 Å². The van der Waals surface area contributed by atoms with E-state index in [0.717, 1.165) is 10.6 Å². The van der Waals surface area contributed by atoms with Gasteiger partial charge >= 0.3 is 6.09 Å². The minimum atomic E-state index is -3.63. The van der Waals surface area contributed by atoms with E-state index in [9.17, 15) is 18.0 Å². The number of nitrogens with zero attached hydrogens (tertiary/aromatic N) is 3. The number of benzene rings is 1. The zero-order valence-electron chi connectivity index (χ0n) is 14.7. The first-order chi connectivity index (χ1) is 12.2. The predicted molar refractivity (Wildman–Crippen MR) is 102 cm³/mol. The van der Waals surface area contributed by atoms with Gasteiger partial charge in [0, 0.05) is 30.7 Å². The molecule has 1 aromatic rings. The zero-order valence-corrected chi connectivity index (χ0v) is 17.1. The Hall–Kier alpha value is -1.81. The van der Waals surface area contributed by atoms with E-state index in [4.69, 9.17) is 4.74 Å². The highest BCUT2D eigenvalue weighted by molar-refractivity contribution is 9.10. The Bertz CT molecular complexity index is 763. The van der Waals surface area contributed by atoms with Crippen LogP contribution in [0.1, 0.15) is 6.92 Å². The van der Waals surface area contributed by atoms with E-state index in [1.54, 1.807) is 36.1 Å². The lowest BCUT2D eigenvalue weighted by atomic mass is 10.3. The number of para-hydroxylation sites is 1. The third-order valence-corrected chi connectivity index (χ3v) is 5.76. The largest absolute Gasteiger partial charge is 0.450 e. The van der Waals surface area contributed by atoms with Gasteiger partial charge in [0.1, 0.15) is 6.54 Å². The summed E-state index contributed by atoms with van der Waals surface area (Å²) in [5.41, 5.74) is 0.411. The quantitative estimate of drug-likeness (QED) is 0.682. The number of halogens is 1. The maximum atomic E-state index is 12.6. The molecule has 1 fully saturated rings. The molecule has 0 spiro atoms. The summed E-state index contributed by atoms with van der Waals surface area (Å²) in [7, 11) is -3.63. The van der Waals surface area contributed by atoms with Gasteiger partial charge in [-0.15, -0.1) is 0 Å². The Morgan fingerprint density at radius 2 is 1.73 bits per heavy atom. The van der Waals surface area contributed by atoms with Crippen LogP contribution in [0.4, 0.5) is 10.5 Å². The molecule has 2 rings (SSSR count). The lowest BCUT2D eigenvalue weighted by Gasteiger charge is -2.35. The number of hydrogen-bond acceptors (Lipinski definition) is 5. The van der Waals surface area contributed by atoms with Gasteiger partial charge in [-0.3, -0.25) is 9.10 Å². The summed E-state index contributed by atoms with van der Waals surface area (Å²) in [6, 6.07) is 6.83. The minimum absolute atomic E-state index is 0.291. The van der Waals surface area contributed by atoms with Crippen molar-refractivity contribution in [2.45, 2.75) is 6.92 Å². The fourth-order valence-corrected chi connectivity index (χ4v) is 4.09. The fourth-order valence-electron chi connectivity index (χ4n) is 2.61. The van der Waals surface area contributed by atoms with Crippen LogP contribution >= 0.6 is 15.9 Å². The number of carbonyl (C=O) groups is 2. The van der Waals surface area contributed by atoms with Gasteiger partial charge in [-0.05, 0) is 35.0 Å². The number of ether oxygens (including phenoxy) is 1. The molecule has 0 aliphatic carbocycles. The minimum Gasteiger partial charge on any atom is -0.450 e. The number of carbonyl (C=O) groups excluding carboxylic acids is 2. The van der Waals surface area contributed by atoms with E-state index in [2.05, 4.69) is 15.9 Å². The van der Waals surface area contributed by atoms with Crippen molar-refractivity contribution in [3.8, 4) is 0 Å². The molecule has 0 aromatic heterocycles. The lowest BCUT2D eigenvalue weighted by molar-refractivity contribution is -0.131. The van der Waals surface area contributed by atoms with Gasteiger partial charge in [0.05, 0.1) is 18.6 Å². The van der Waals surface area contributed by atoms with Gasteiger partial charge in [0.25, 0.3) is 0 Å². The smallest absolute Gasteiger partial charge is 0.409 e. The third-order valence-electron chi connectivity index (χ3n) is 3.96. The highest BCUT2D eigenvalue weighted by atomic mass is 79.9. The number of piperazine rings is 1. The molecule has 1 saturated heterocycles. The van der Waals surface area contributed by atoms with Crippen molar-refractivity contribution < 1.29 is 22.7 Å². The summed E-state index contributed by atoms with van der Waals surface area (Å²) in [6.45, 7) is 3.14. The number of amides is 2. The SMILES string of the molecule is CCOC(=O)N1CCN(C(=O)CN(c2ccccc2Br)S(C)(=O)=O)CC1. The molecule has 1 aliphatic heterocycles. The van der Waals surface area contributed by atoms with Crippen LogP contribution in [0.5, 0.6) is 0 Å². The maximum absolute atomic E-state index is 12.6. The predicted octanol–water partition coefficient (Wildman–Crippen LogP) is 1.52. The molecule has 26 heavy (non-hydrogen) atoms. The molecular weight excluding hydrogens is 426 g/mol. The summed E-state index contributed by atoms with van der Waals surface area (Å²) in [4.78, 5) is 27.4. The van der Waals surface area contributed by atoms with Crippen molar-refractivity contribution in [1.29, 1.82) is 0 Å². The molecule has 0 bridgehead atoms. The summed E-state index contributed by atoms with van der Waals surface area (Å²) in [5, 5.41) is 0. The highest BCUT2D eigenvalue weighted by Gasteiger charge is 2.28. The van der Waals surface area contributed by atoms with Crippen LogP contribution in [0.15, 0.2) is 28.7 Å². The molecule has 0 unspecified atom stereocenters. The Morgan fingerprint density at radius 3 is 2.27 bits per heavy atom. The Balaban J connectivity index is 2.05. The summed E-state index contributed by atoms with van der Waals surface area (Å²) < 4.78 is 31.0. The van der Waals surface area contributed by atoms with E-state index in [0.29, 0.717) is 42.9 Å². The van der Waals surface area contributed by atoms with Crippen LogP contribution in [0.3, 0.4) is 0 Å². The molecule has 1 heterocycles. The highest BCUT2D eigenvalue weighted by Crippen LogP contribution is 2.27. The molecule has 144 valence electrons. The van der Waals surface area contributed by atoms with Crippen LogP contribution in [0.2, 0.25) is 0 Å². The standard InChI is InChI=1S/C16H22BrN3O5S/c1-3-25-16(22)19-10-8-18(9-11-19)15(21)12-20(26(2,23)24)14-7-5-4-6-13(14)17/h4-7H,3,8-12H2,1-2H3. The average molecular weight is 448 g/mol. The zero-order chi connectivity index (χ0) is 19.3. The number of anilines is 1. The molecule has 10 heteroatoms. The Labute approximate surface area is 161 Å². The van der Waals surface area contributed by atoms with Crippen molar-refractivity contribution in [2.24, 2.45) is 0 Å². The molecule has 0 saturated carbocycles. The third kappa shape index (κ3) is 5.10. The van der Waals surface area contributed by atoms with E-state index >= 15 is 0 Å². The molecule has 1 aliphatic rings. The van der Waals surface area contributed by atoms with Crippen molar-refractivity contribution in [3.63, 3.8) is 0 Å². The maximum Gasteiger partial charge on any atom is 0.409 e. The van der Waals surface area contributed by atoms with Gasteiger partial charge in [0.15, 0.2) is 0 Å². The number of hydrogen-bond donors (Lipinski definition) is 0. The van der Waals surface area contributed by atoms with Crippen molar-refractivity contribution >= 4 is 43.6 Å². The first-order valence-electron chi connectivity index (χ1n) is 8.15. The second-order valence-corrected chi connectivity index (χ2v) is 8.55. The van der Waals surface area contributed by atoms with Gasteiger partial charge in [0.2, 0.25) is 15.9 Å². The molecule has 8 nitrogen and oxygen atoms in total. The second kappa shape index (κ2) is 8.72. The summed E-state index contributed by atoms with van der Waals surface area (Å²) in [6.07, 6.45) is 0.670. The van der Waals surface area contributed by atoms with Crippen LogP contribution in [-0.2, 0) is 19.6 Å². The van der Waals surface area contributed by atoms with E-state index < -0.39 is 16.1 Å². The summed E-state index contributed by atoms with van der Waals surface area (Å²) in [5.74, 6) is -0.310. The van der Waals surface area contributed by atoms with Crippen LogP contribution in [0, 0.1) is 0 Å². The monoisotopic (exact) mass is 447 g/mol. The van der Waals surface area contributed by atoms with E-state index in [1.165, 1.54) is 4.90 Å². The molecule has 0 N–H and O–H groups in total. The lowest BCUT2D eigenvalue weighted by Crippen LogP contribution is -2.53. The Kier molecular flexibility index (Phi) is 6.87. The molecule has 0 radical (unpaired) electrons. The van der Waals surface area contributed by atoms with Gasteiger partial charge in [-0.25, -0.2) is 13.2 Å². The summed E-state index contributed by atoms with van der Waals surface area (Å²) >= 11 is 3.32. The van der Waals surface area contributed by atoms with E-state index in [1.807, 2.05) is 0 Å². The van der Waals surface area contributed by atoms with Crippen molar-refractivity contribution in [1.82, 2.24) is 9.80 Å². The molecule has 2 amide bonds. The van der Waals surface area contributed by atoms with E-state index in [-0.39, 0.29) is 12.5 Å². The topological polar surface area (TPSA) is 87.2 Å². The molecule has 1 aromatic carbocycles. The first kappa shape index (κ1) is 20.5. The molecule has 0 atom stereocenters.